The first-order chi connectivity index (χ1) is 11.0. The zero-order valence-corrected chi connectivity index (χ0v) is 12.0. The topological polar surface area (TPSA) is 62.1 Å². The van der Waals surface area contributed by atoms with Crippen LogP contribution in [0.25, 0.3) is 6.08 Å². The average molecular weight is 352 g/mol. The Morgan fingerprint density at radius 3 is 2.21 bits per heavy atom. The zero-order valence-electron chi connectivity index (χ0n) is 12.0. The molecule has 0 fully saturated rings. The van der Waals surface area contributed by atoms with Gasteiger partial charge in [-0.1, -0.05) is 12.1 Å². The molecule has 1 rings (SSSR count). The Kier molecular flexibility index (Phi) is 5.84. The van der Waals surface area contributed by atoms with E-state index in [1.54, 1.807) is 6.07 Å². The normalized spacial score (nSPS) is 13.8. The van der Waals surface area contributed by atoms with Crippen molar-refractivity contribution in [3.63, 3.8) is 0 Å². The Balaban J connectivity index is 2.95. The molecule has 0 saturated heterocycles. The summed E-state index contributed by atoms with van der Waals surface area (Å²) in [4.78, 5) is 11.3. The second kappa shape index (κ2) is 7.25. The lowest BCUT2D eigenvalue weighted by atomic mass is 10.1. The monoisotopic (exact) mass is 352 g/mol. The molecule has 24 heavy (non-hydrogen) atoms. The first-order valence-electron chi connectivity index (χ1n) is 6.23. The van der Waals surface area contributed by atoms with Gasteiger partial charge in [-0.25, -0.2) is 4.39 Å². The van der Waals surface area contributed by atoms with Gasteiger partial charge in [-0.15, -0.1) is 0 Å². The van der Waals surface area contributed by atoms with Gasteiger partial charge < -0.3 is 10.1 Å². The van der Waals surface area contributed by atoms with Crippen molar-refractivity contribution in [2.45, 2.75) is 18.5 Å². The second-order valence-corrected chi connectivity index (χ2v) is 4.39. The van der Waals surface area contributed by atoms with E-state index in [0.29, 0.717) is 0 Å². The molecule has 1 aromatic carbocycles. The van der Waals surface area contributed by atoms with Gasteiger partial charge in [-0.05, 0) is 23.8 Å². The summed E-state index contributed by atoms with van der Waals surface area (Å²) in [6.45, 7) is 0. The Hall–Kier alpha value is -2.70. The largest absolute Gasteiger partial charge is 0.439 e. The summed E-state index contributed by atoms with van der Waals surface area (Å²) in [7, 11) is 1.29. The van der Waals surface area contributed by atoms with Gasteiger partial charge >= 0.3 is 12.3 Å². The number of nitriles is 1. The third-order valence-corrected chi connectivity index (χ3v) is 2.62. The number of benzene rings is 1. The van der Waals surface area contributed by atoms with Crippen molar-refractivity contribution in [3.8, 4) is 11.8 Å². The Bertz CT molecular complexity index is 661. The van der Waals surface area contributed by atoms with Gasteiger partial charge in [-0.2, -0.15) is 27.2 Å². The summed E-state index contributed by atoms with van der Waals surface area (Å²) in [5, 5.41) is 11.0. The number of hydrogen-bond donors (Lipinski definition) is 1. The summed E-state index contributed by atoms with van der Waals surface area (Å²) in [5.74, 6) is -1.41. The molecule has 0 bridgehead atoms. The lowest BCUT2D eigenvalue weighted by molar-refractivity contribution is -0.304. The average Bonchev–Trinajstić information content (AvgIpc) is 2.51. The minimum absolute atomic E-state index is 0.221. The van der Waals surface area contributed by atoms with Gasteiger partial charge in [0, 0.05) is 7.05 Å². The summed E-state index contributed by atoms with van der Waals surface area (Å²) in [6, 6.07) is 5.51. The molecule has 0 aliphatic heterocycles. The van der Waals surface area contributed by atoms with Crippen LogP contribution in [-0.4, -0.2) is 31.4 Å². The van der Waals surface area contributed by atoms with Crippen LogP contribution in [0.3, 0.4) is 0 Å². The van der Waals surface area contributed by atoms with Crippen LogP contribution in [0.5, 0.6) is 5.75 Å². The highest BCUT2D eigenvalue weighted by Crippen LogP contribution is 2.36. The van der Waals surface area contributed by atoms with Gasteiger partial charge in [0.05, 0.1) is 0 Å². The number of halogens is 6. The van der Waals surface area contributed by atoms with Crippen molar-refractivity contribution in [3.05, 3.63) is 35.4 Å². The molecular formula is C14H10F6N2O2. The van der Waals surface area contributed by atoms with E-state index < -0.39 is 30.1 Å². The van der Waals surface area contributed by atoms with Crippen molar-refractivity contribution in [1.82, 2.24) is 5.32 Å². The fourth-order valence-corrected chi connectivity index (χ4v) is 1.48. The summed E-state index contributed by atoms with van der Waals surface area (Å²) in [6.07, 6.45) is -14.2. The van der Waals surface area contributed by atoms with E-state index in [4.69, 9.17) is 5.26 Å². The van der Waals surface area contributed by atoms with E-state index >= 15 is 0 Å². The Labute approximate surface area is 132 Å². The number of carbonyl (C=O) groups excluding carboxylic acids is 1. The molecule has 4 nitrogen and oxygen atoms in total. The van der Waals surface area contributed by atoms with Crippen molar-refractivity contribution >= 4 is 12.0 Å². The van der Waals surface area contributed by atoms with Crippen LogP contribution in [0.4, 0.5) is 26.3 Å². The van der Waals surface area contributed by atoms with Crippen molar-refractivity contribution in [2.75, 3.05) is 7.05 Å². The Morgan fingerprint density at radius 2 is 1.79 bits per heavy atom. The number of likely N-dealkylation sites (N-methyl/N-ethyl adjacent to an activating group) is 1. The molecule has 1 N–H and O–H groups in total. The molecule has 10 heteroatoms. The first-order valence-corrected chi connectivity index (χ1v) is 6.23. The van der Waals surface area contributed by atoms with Crippen LogP contribution >= 0.6 is 0 Å². The number of alkyl halides is 6. The third-order valence-electron chi connectivity index (χ3n) is 2.62. The molecule has 1 atom stereocenters. The van der Waals surface area contributed by atoms with Crippen LogP contribution < -0.4 is 10.1 Å². The maximum Gasteiger partial charge on any atom is 0.439 e. The molecule has 130 valence electrons. The number of ether oxygens (including phenoxy) is 1. The quantitative estimate of drug-likeness (QED) is 0.503. The predicted molar refractivity (Wildman–Crippen MR) is 70.6 cm³/mol. The molecule has 0 spiro atoms. The zero-order chi connectivity index (χ0) is 18.5. The van der Waals surface area contributed by atoms with Crippen LogP contribution in [0.1, 0.15) is 5.56 Å². The van der Waals surface area contributed by atoms with E-state index in [1.165, 1.54) is 7.05 Å². The van der Waals surface area contributed by atoms with Crippen LogP contribution in [0.2, 0.25) is 0 Å². The fraction of sp³-hybridized carbons (Fsp3) is 0.286. The standard InChI is InChI=1S/C14H10F6N2O2/c1-22-11(23)9(7-21)6-8-2-4-10(5-3-8)24-14(19,20)12(15)13(16,17)18/h2-6,12H,1H3,(H,22,23)/b9-6+. The van der Waals surface area contributed by atoms with Crippen LogP contribution in [-0.2, 0) is 4.79 Å². The molecule has 0 aliphatic rings. The third kappa shape index (κ3) is 4.91. The molecule has 0 heterocycles. The van der Waals surface area contributed by atoms with Crippen LogP contribution in [0.15, 0.2) is 29.8 Å². The van der Waals surface area contributed by atoms with Gasteiger partial charge in [0.1, 0.15) is 17.4 Å². The number of carbonyl (C=O) groups is 1. The van der Waals surface area contributed by atoms with Crippen molar-refractivity contribution in [2.24, 2.45) is 0 Å². The molecule has 1 amide bonds. The van der Waals surface area contributed by atoms with Crippen LogP contribution in [0, 0.1) is 11.3 Å². The van der Waals surface area contributed by atoms with E-state index in [-0.39, 0.29) is 11.1 Å². The number of rotatable bonds is 5. The maximum absolute atomic E-state index is 13.1. The lowest BCUT2D eigenvalue weighted by Gasteiger charge is -2.23. The maximum atomic E-state index is 13.1. The summed E-state index contributed by atoms with van der Waals surface area (Å²) >= 11 is 0. The summed E-state index contributed by atoms with van der Waals surface area (Å²) in [5.41, 5.74) is -0.0594. The van der Waals surface area contributed by atoms with E-state index in [1.807, 2.05) is 0 Å². The minimum Gasteiger partial charge on any atom is -0.430 e. The van der Waals surface area contributed by atoms with E-state index in [0.717, 1.165) is 30.3 Å². The van der Waals surface area contributed by atoms with Crippen molar-refractivity contribution in [1.29, 1.82) is 5.26 Å². The molecular weight excluding hydrogens is 342 g/mol. The fourth-order valence-electron chi connectivity index (χ4n) is 1.48. The highest BCUT2D eigenvalue weighted by Gasteiger charge is 2.59. The second-order valence-electron chi connectivity index (χ2n) is 4.39. The van der Waals surface area contributed by atoms with Gasteiger partial charge in [0.2, 0.25) is 0 Å². The molecule has 0 aliphatic carbocycles. The van der Waals surface area contributed by atoms with Gasteiger partial charge in [-0.3, -0.25) is 4.79 Å². The Morgan fingerprint density at radius 1 is 1.25 bits per heavy atom. The molecule has 0 radical (unpaired) electrons. The van der Waals surface area contributed by atoms with E-state index in [9.17, 15) is 31.1 Å². The molecule has 0 saturated carbocycles. The molecule has 1 aromatic rings. The summed E-state index contributed by atoms with van der Waals surface area (Å²) < 4.78 is 78.6. The van der Waals surface area contributed by atoms with E-state index in [2.05, 4.69) is 10.1 Å². The molecule has 1 unspecified atom stereocenters. The smallest absolute Gasteiger partial charge is 0.430 e. The number of amides is 1. The SMILES string of the molecule is CNC(=O)/C(C#N)=C/c1ccc(OC(F)(F)C(F)C(F)(F)F)cc1. The highest BCUT2D eigenvalue weighted by molar-refractivity contribution is 6.01. The van der Waals surface area contributed by atoms with Gasteiger partial charge in [0.15, 0.2) is 0 Å². The van der Waals surface area contributed by atoms with Gasteiger partial charge in [0.25, 0.3) is 12.1 Å². The minimum atomic E-state index is -5.78. The lowest BCUT2D eigenvalue weighted by Crippen LogP contribution is -2.45. The predicted octanol–water partition coefficient (Wildman–Crippen LogP) is 3.21. The van der Waals surface area contributed by atoms with Crippen molar-refractivity contribution < 1.29 is 35.9 Å². The number of nitrogens with zero attached hydrogens (tertiary/aromatic N) is 1. The highest BCUT2D eigenvalue weighted by atomic mass is 19.4. The number of nitrogens with one attached hydrogen (secondary N) is 1. The first kappa shape index (κ1) is 19.3. The number of hydrogen-bond acceptors (Lipinski definition) is 3. The molecule has 0 aromatic heterocycles.